The van der Waals surface area contributed by atoms with Crippen LogP contribution in [-0.2, 0) is 0 Å². The number of hydrogen-bond donors (Lipinski definition) is 0. The predicted molar refractivity (Wildman–Crippen MR) is 64.9 cm³/mol. The molecule has 1 aliphatic heterocycles. The van der Waals surface area contributed by atoms with E-state index in [1.807, 2.05) is 24.5 Å². The summed E-state index contributed by atoms with van der Waals surface area (Å²) < 4.78 is 1.71. The Hall–Kier alpha value is -1.91. The third kappa shape index (κ3) is 2.13. The van der Waals surface area contributed by atoms with Gasteiger partial charge in [-0.2, -0.15) is 0 Å². The van der Waals surface area contributed by atoms with Gasteiger partial charge in [-0.25, -0.2) is 9.67 Å². The fourth-order valence-electron chi connectivity index (χ4n) is 2.03. The zero-order valence-corrected chi connectivity index (χ0v) is 9.53. The normalized spacial score (nSPS) is 16.1. The highest BCUT2D eigenvalue weighted by atomic mass is 15.4. The van der Waals surface area contributed by atoms with E-state index in [1.54, 1.807) is 10.9 Å². The standard InChI is InChI=1S/C12H14N5/c1-2-7-16(8-3-1)12-5-4-11(10-13-12)17-9-6-14-15-17/h1,4-6,9-10H,2-3,7-8H2. The molecule has 2 aromatic heterocycles. The van der Waals surface area contributed by atoms with Crippen molar-refractivity contribution in [3.63, 3.8) is 0 Å². The van der Waals surface area contributed by atoms with Gasteiger partial charge in [-0.3, -0.25) is 0 Å². The maximum atomic E-state index is 4.48. The molecule has 0 unspecified atom stereocenters. The number of pyridine rings is 1. The van der Waals surface area contributed by atoms with Gasteiger partial charge < -0.3 is 4.90 Å². The highest BCUT2D eigenvalue weighted by Gasteiger charge is 2.11. The van der Waals surface area contributed by atoms with Gasteiger partial charge in [0.05, 0.1) is 24.3 Å². The van der Waals surface area contributed by atoms with E-state index in [9.17, 15) is 0 Å². The van der Waals surface area contributed by atoms with Crippen LogP contribution in [0.5, 0.6) is 0 Å². The Kier molecular flexibility index (Phi) is 2.73. The zero-order chi connectivity index (χ0) is 11.5. The minimum Gasteiger partial charge on any atom is -0.357 e. The molecule has 1 fully saturated rings. The number of rotatable bonds is 2. The molecule has 0 aliphatic carbocycles. The lowest BCUT2D eigenvalue weighted by Crippen LogP contribution is -2.30. The maximum Gasteiger partial charge on any atom is 0.128 e. The molecule has 3 rings (SSSR count). The highest BCUT2D eigenvalue weighted by molar-refractivity contribution is 5.43. The summed E-state index contributed by atoms with van der Waals surface area (Å²) in [5, 5.41) is 7.72. The molecule has 1 radical (unpaired) electrons. The molecule has 2 aromatic rings. The molecule has 0 saturated carbocycles. The Morgan fingerprint density at radius 3 is 2.65 bits per heavy atom. The Morgan fingerprint density at radius 1 is 1.12 bits per heavy atom. The van der Waals surface area contributed by atoms with Crippen molar-refractivity contribution in [3.8, 4) is 5.69 Å². The van der Waals surface area contributed by atoms with Gasteiger partial charge in [0, 0.05) is 13.1 Å². The molecule has 87 valence electrons. The van der Waals surface area contributed by atoms with E-state index in [1.165, 1.54) is 0 Å². The maximum absolute atomic E-state index is 4.48. The quantitative estimate of drug-likeness (QED) is 0.781. The Bertz CT molecular complexity index is 456. The molecule has 5 nitrogen and oxygen atoms in total. The molecule has 0 spiro atoms. The summed E-state index contributed by atoms with van der Waals surface area (Å²) >= 11 is 0. The summed E-state index contributed by atoms with van der Waals surface area (Å²) in [6.07, 6.45) is 9.93. The molecule has 5 heteroatoms. The largest absolute Gasteiger partial charge is 0.357 e. The molecular formula is C12H14N5. The predicted octanol–water partition coefficient (Wildman–Crippen LogP) is 1.47. The second kappa shape index (κ2) is 4.53. The number of nitrogens with zero attached hydrogens (tertiary/aromatic N) is 5. The molecule has 0 aromatic carbocycles. The molecule has 0 amide bonds. The molecule has 1 saturated heterocycles. The van der Waals surface area contributed by atoms with Crippen LogP contribution in [-0.4, -0.2) is 33.1 Å². The van der Waals surface area contributed by atoms with Gasteiger partial charge in [0.2, 0.25) is 0 Å². The molecule has 0 bridgehead atoms. The van der Waals surface area contributed by atoms with Gasteiger partial charge >= 0.3 is 0 Å². The molecule has 1 aliphatic rings. The lowest BCUT2D eigenvalue weighted by molar-refractivity contribution is 0.670. The summed E-state index contributed by atoms with van der Waals surface area (Å²) in [5.41, 5.74) is 0.940. The summed E-state index contributed by atoms with van der Waals surface area (Å²) in [6, 6.07) is 4.07. The first-order valence-electron chi connectivity index (χ1n) is 5.83. The average molecular weight is 228 g/mol. The minimum atomic E-state index is 0.940. The Balaban J connectivity index is 1.80. The molecular weight excluding hydrogens is 214 g/mol. The SMILES string of the molecule is [CH]1CCN(c2ccc(-n3ccnn3)cn2)CC1. The Labute approximate surface area is 100 Å². The zero-order valence-electron chi connectivity index (χ0n) is 9.53. The summed E-state index contributed by atoms with van der Waals surface area (Å²) in [4.78, 5) is 6.79. The smallest absolute Gasteiger partial charge is 0.128 e. The average Bonchev–Trinajstić information content (AvgIpc) is 2.94. The van der Waals surface area contributed by atoms with Gasteiger partial charge in [0.15, 0.2) is 0 Å². The van der Waals surface area contributed by atoms with Gasteiger partial charge in [-0.1, -0.05) is 5.21 Å². The van der Waals surface area contributed by atoms with E-state index in [0.29, 0.717) is 0 Å². The fraction of sp³-hybridized carbons (Fsp3) is 0.333. The first kappa shape index (κ1) is 10.3. The van der Waals surface area contributed by atoms with Crippen LogP contribution < -0.4 is 4.90 Å². The van der Waals surface area contributed by atoms with Crippen LogP contribution >= 0.6 is 0 Å². The molecule has 3 heterocycles. The van der Waals surface area contributed by atoms with Crippen molar-refractivity contribution in [2.75, 3.05) is 18.0 Å². The monoisotopic (exact) mass is 228 g/mol. The first-order chi connectivity index (χ1) is 8.43. The van der Waals surface area contributed by atoms with Crippen LogP contribution in [0.1, 0.15) is 12.8 Å². The van der Waals surface area contributed by atoms with E-state index in [0.717, 1.165) is 37.4 Å². The van der Waals surface area contributed by atoms with E-state index in [4.69, 9.17) is 0 Å². The van der Waals surface area contributed by atoms with Gasteiger partial charge in [0.25, 0.3) is 0 Å². The van der Waals surface area contributed by atoms with Crippen molar-refractivity contribution in [3.05, 3.63) is 37.1 Å². The van der Waals surface area contributed by atoms with Crippen molar-refractivity contribution >= 4 is 5.82 Å². The van der Waals surface area contributed by atoms with Crippen LogP contribution in [0.2, 0.25) is 0 Å². The van der Waals surface area contributed by atoms with Crippen molar-refractivity contribution in [2.45, 2.75) is 12.8 Å². The van der Waals surface area contributed by atoms with Crippen LogP contribution in [0, 0.1) is 6.42 Å². The highest BCUT2D eigenvalue weighted by Crippen LogP contribution is 2.17. The fourth-order valence-corrected chi connectivity index (χ4v) is 2.03. The van der Waals surface area contributed by atoms with E-state index < -0.39 is 0 Å². The van der Waals surface area contributed by atoms with Crippen molar-refractivity contribution in [1.29, 1.82) is 0 Å². The lowest BCUT2D eigenvalue weighted by Gasteiger charge is -2.27. The number of piperidine rings is 1. The summed E-state index contributed by atoms with van der Waals surface area (Å²) in [7, 11) is 0. The van der Waals surface area contributed by atoms with Gasteiger partial charge in [-0.05, 0) is 31.4 Å². The molecule has 0 atom stereocenters. The third-order valence-electron chi connectivity index (χ3n) is 2.95. The topological polar surface area (TPSA) is 46.8 Å². The van der Waals surface area contributed by atoms with Crippen LogP contribution in [0.25, 0.3) is 5.69 Å². The van der Waals surface area contributed by atoms with Crippen LogP contribution in [0.3, 0.4) is 0 Å². The number of anilines is 1. The van der Waals surface area contributed by atoms with Gasteiger partial charge in [-0.15, -0.1) is 5.10 Å². The lowest BCUT2D eigenvalue weighted by atomic mass is 10.1. The van der Waals surface area contributed by atoms with Crippen LogP contribution in [0.4, 0.5) is 5.82 Å². The second-order valence-electron chi connectivity index (χ2n) is 4.08. The van der Waals surface area contributed by atoms with Crippen LogP contribution in [0.15, 0.2) is 30.7 Å². The Morgan fingerprint density at radius 2 is 2.00 bits per heavy atom. The second-order valence-corrected chi connectivity index (χ2v) is 4.08. The number of aromatic nitrogens is 4. The van der Waals surface area contributed by atoms with Crippen molar-refractivity contribution in [2.24, 2.45) is 0 Å². The van der Waals surface area contributed by atoms with E-state index >= 15 is 0 Å². The molecule has 0 N–H and O–H groups in total. The van der Waals surface area contributed by atoms with Gasteiger partial charge in [0.1, 0.15) is 5.82 Å². The molecule has 17 heavy (non-hydrogen) atoms. The summed E-state index contributed by atoms with van der Waals surface area (Å²) in [5.74, 6) is 1.04. The number of hydrogen-bond acceptors (Lipinski definition) is 4. The summed E-state index contributed by atoms with van der Waals surface area (Å²) in [6.45, 7) is 2.13. The van der Waals surface area contributed by atoms with Crippen molar-refractivity contribution < 1.29 is 0 Å². The first-order valence-corrected chi connectivity index (χ1v) is 5.83. The van der Waals surface area contributed by atoms with E-state index in [2.05, 4.69) is 26.6 Å². The van der Waals surface area contributed by atoms with Crippen molar-refractivity contribution in [1.82, 2.24) is 20.0 Å². The minimum absolute atomic E-state index is 0.940. The third-order valence-corrected chi connectivity index (χ3v) is 2.95. The van der Waals surface area contributed by atoms with E-state index in [-0.39, 0.29) is 0 Å².